The van der Waals surface area contributed by atoms with Crippen molar-refractivity contribution < 1.29 is 9.18 Å². The molecule has 0 bridgehead atoms. The van der Waals surface area contributed by atoms with Gasteiger partial charge in [0.05, 0.1) is 11.4 Å². The second kappa shape index (κ2) is 6.57. The molecule has 0 radical (unpaired) electrons. The fraction of sp³-hybridized carbons (Fsp3) is 0.158. The molecule has 0 fully saturated rings. The monoisotopic (exact) mass is 308 g/mol. The number of amides is 1. The molecule has 0 unspecified atom stereocenters. The minimum Gasteiger partial charge on any atom is -0.273 e. The number of hydrogen-bond acceptors (Lipinski definition) is 2. The zero-order valence-corrected chi connectivity index (χ0v) is 12.9. The van der Waals surface area contributed by atoms with Gasteiger partial charge in [0.2, 0.25) is 5.91 Å². The Morgan fingerprint density at radius 3 is 2.61 bits per heavy atom. The molecule has 23 heavy (non-hydrogen) atoms. The van der Waals surface area contributed by atoms with Crippen molar-refractivity contribution in [2.45, 2.75) is 19.8 Å². The lowest BCUT2D eigenvalue weighted by atomic mass is 10.1. The van der Waals surface area contributed by atoms with Gasteiger partial charge in [0.1, 0.15) is 5.82 Å². The Morgan fingerprint density at radius 1 is 1.09 bits per heavy atom. The van der Waals surface area contributed by atoms with E-state index in [1.807, 2.05) is 37.3 Å². The van der Waals surface area contributed by atoms with E-state index in [-0.39, 0.29) is 11.7 Å². The number of rotatable bonds is 3. The number of halogens is 1. The highest BCUT2D eigenvalue weighted by Gasteiger charge is 2.20. The summed E-state index contributed by atoms with van der Waals surface area (Å²) in [7, 11) is 0. The third kappa shape index (κ3) is 3.72. The van der Waals surface area contributed by atoms with Crippen LogP contribution in [0.2, 0.25) is 0 Å². The Hall–Kier alpha value is -2.75. The van der Waals surface area contributed by atoms with Crippen LogP contribution < -0.4 is 5.01 Å². The van der Waals surface area contributed by atoms with Crippen LogP contribution in [0.15, 0.2) is 59.7 Å². The average Bonchev–Trinajstić information content (AvgIpc) is 2.55. The van der Waals surface area contributed by atoms with Crippen molar-refractivity contribution in [1.82, 2.24) is 0 Å². The molecule has 0 N–H and O–H groups in total. The molecule has 2 aromatic carbocycles. The van der Waals surface area contributed by atoms with Crippen LogP contribution in [0.1, 0.15) is 24.0 Å². The van der Waals surface area contributed by atoms with Crippen LogP contribution in [0.4, 0.5) is 10.1 Å². The van der Waals surface area contributed by atoms with Gasteiger partial charge >= 0.3 is 0 Å². The summed E-state index contributed by atoms with van der Waals surface area (Å²) in [6.07, 6.45) is 4.93. The minimum absolute atomic E-state index is 0.0793. The van der Waals surface area contributed by atoms with Gasteiger partial charge in [0, 0.05) is 12.8 Å². The Kier molecular flexibility index (Phi) is 4.33. The van der Waals surface area contributed by atoms with Gasteiger partial charge in [-0.05, 0) is 42.8 Å². The largest absolute Gasteiger partial charge is 0.273 e. The maximum Gasteiger partial charge on any atom is 0.247 e. The van der Waals surface area contributed by atoms with Crippen molar-refractivity contribution in [3.05, 3.63) is 71.6 Å². The number of aryl methyl sites for hydroxylation is 1. The fourth-order valence-electron chi connectivity index (χ4n) is 2.44. The predicted molar refractivity (Wildman–Crippen MR) is 90.8 cm³/mol. The van der Waals surface area contributed by atoms with E-state index in [0.29, 0.717) is 18.5 Å². The Morgan fingerprint density at radius 2 is 1.87 bits per heavy atom. The molecule has 116 valence electrons. The van der Waals surface area contributed by atoms with Crippen LogP contribution >= 0.6 is 0 Å². The van der Waals surface area contributed by atoms with Crippen LogP contribution in [0.5, 0.6) is 0 Å². The van der Waals surface area contributed by atoms with Gasteiger partial charge in [-0.1, -0.05) is 35.9 Å². The van der Waals surface area contributed by atoms with Crippen LogP contribution in [0.25, 0.3) is 6.08 Å². The van der Waals surface area contributed by atoms with Crippen LogP contribution in [0.3, 0.4) is 0 Å². The van der Waals surface area contributed by atoms with Crippen molar-refractivity contribution >= 4 is 23.4 Å². The summed E-state index contributed by atoms with van der Waals surface area (Å²) in [5, 5.41) is 5.74. The predicted octanol–water partition coefficient (Wildman–Crippen LogP) is 4.33. The molecule has 4 heteroatoms. The molecule has 3 rings (SSSR count). The maximum absolute atomic E-state index is 13.0. The van der Waals surface area contributed by atoms with E-state index in [1.54, 1.807) is 12.1 Å². The molecular formula is C19H17FN2O. The highest BCUT2D eigenvalue weighted by molar-refractivity contribution is 6.07. The molecule has 3 nitrogen and oxygen atoms in total. The first-order chi connectivity index (χ1) is 11.1. The number of carbonyl (C=O) groups is 1. The molecule has 0 saturated heterocycles. The second-order valence-electron chi connectivity index (χ2n) is 5.52. The van der Waals surface area contributed by atoms with Crippen LogP contribution in [0, 0.1) is 12.7 Å². The van der Waals surface area contributed by atoms with Gasteiger partial charge < -0.3 is 0 Å². The van der Waals surface area contributed by atoms with Gasteiger partial charge in [-0.15, -0.1) is 0 Å². The number of hydrogen-bond donors (Lipinski definition) is 0. The third-order valence-electron chi connectivity index (χ3n) is 3.64. The number of carbonyl (C=O) groups excluding carboxylic acids is 1. The lowest BCUT2D eigenvalue weighted by Gasteiger charge is -2.22. The molecule has 0 aromatic heterocycles. The molecule has 0 spiro atoms. The summed E-state index contributed by atoms with van der Waals surface area (Å²) in [5.74, 6) is -0.411. The van der Waals surface area contributed by atoms with Gasteiger partial charge in [0.25, 0.3) is 0 Å². The van der Waals surface area contributed by atoms with Gasteiger partial charge in [-0.2, -0.15) is 5.10 Å². The van der Waals surface area contributed by atoms with Crippen molar-refractivity contribution in [2.75, 3.05) is 5.01 Å². The zero-order valence-electron chi connectivity index (χ0n) is 12.9. The third-order valence-corrected chi connectivity index (χ3v) is 3.64. The molecule has 2 aromatic rings. The molecule has 0 saturated carbocycles. The zero-order chi connectivity index (χ0) is 16.2. The smallest absolute Gasteiger partial charge is 0.247 e. The quantitative estimate of drug-likeness (QED) is 0.830. The fourth-order valence-corrected chi connectivity index (χ4v) is 2.44. The van der Waals surface area contributed by atoms with Crippen molar-refractivity contribution in [3.8, 4) is 0 Å². The SMILES string of the molecule is Cc1cccc(/C=C/C2=NN(c3ccc(F)cc3)C(=O)CC2)c1. The van der Waals surface area contributed by atoms with E-state index in [2.05, 4.69) is 11.2 Å². The van der Waals surface area contributed by atoms with Crippen molar-refractivity contribution in [2.24, 2.45) is 5.10 Å². The molecule has 1 amide bonds. The minimum atomic E-state index is -0.332. The Balaban J connectivity index is 1.83. The first-order valence-electron chi connectivity index (χ1n) is 7.52. The average molecular weight is 308 g/mol. The number of allylic oxidation sites excluding steroid dienone is 1. The normalized spacial score (nSPS) is 15.1. The molecule has 1 aliphatic rings. The Labute approximate surface area is 134 Å². The number of benzene rings is 2. The Bertz CT molecular complexity index is 778. The van der Waals surface area contributed by atoms with E-state index in [4.69, 9.17) is 0 Å². The molecule has 1 aliphatic heterocycles. The summed E-state index contributed by atoms with van der Waals surface area (Å²) in [5.41, 5.74) is 3.70. The van der Waals surface area contributed by atoms with E-state index in [9.17, 15) is 9.18 Å². The second-order valence-corrected chi connectivity index (χ2v) is 5.52. The first kappa shape index (κ1) is 15.2. The van der Waals surface area contributed by atoms with Crippen molar-refractivity contribution in [1.29, 1.82) is 0 Å². The first-order valence-corrected chi connectivity index (χ1v) is 7.52. The topological polar surface area (TPSA) is 32.7 Å². The number of hydrazone groups is 1. The molecule has 0 atom stereocenters. The summed E-state index contributed by atoms with van der Waals surface area (Å²) >= 11 is 0. The van der Waals surface area contributed by atoms with Gasteiger partial charge in [-0.25, -0.2) is 9.40 Å². The van der Waals surface area contributed by atoms with Crippen LogP contribution in [-0.4, -0.2) is 11.6 Å². The summed E-state index contributed by atoms with van der Waals surface area (Å²) < 4.78 is 13.0. The van der Waals surface area contributed by atoms with Gasteiger partial charge in [-0.3, -0.25) is 4.79 Å². The number of anilines is 1. The highest BCUT2D eigenvalue weighted by atomic mass is 19.1. The van der Waals surface area contributed by atoms with Gasteiger partial charge in [0.15, 0.2) is 0 Å². The lowest BCUT2D eigenvalue weighted by molar-refractivity contribution is -0.118. The molecule has 0 aliphatic carbocycles. The molecule has 1 heterocycles. The van der Waals surface area contributed by atoms with E-state index in [1.165, 1.54) is 22.7 Å². The standard InChI is InChI=1S/C19H17FN2O/c1-14-3-2-4-15(13-14)5-8-17-9-12-19(23)22(21-17)18-10-6-16(20)7-11-18/h2-8,10-11,13H,9,12H2,1H3/b8-5+. The van der Waals surface area contributed by atoms with Crippen LogP contribution in [-0.2, 0) is 4.79 Å². The van der Waals surface area contributed by atoms with E-state index >= 15 is 0 Å². The summed E-state index contributed by atoms with van der Waals surface area (Å²) in [4.78, 5) is 12.0. The number of nitrogens with zero attached hydrogens (tertiary/aromatic N) is 2. The summed E-state index contributed by atoms with van der Waals surface area (Å²) in [6.45, 7) is 2.05. The van der Waals surface area contributed by atoms with E-state index < -0.39 is 0 Å². The van der Waals surface area contributed by atoms with E-state index in [0.717, 1.165) is 11.3 Å². The summed E-state index contributed by atoms with van der Waals surface area (Å²) in [6, 6.07) is 13.9. The maximum atomic E-state index is 13.0. The van der Waals surface area contributed by atoms with Crippen molar-refractivity contribution in [3.63, 3.8) is 0 Å². The lowest BCUT2D eigenvalue weighted by Crippen LogP contribution is -2.30. The molecular weight excluding hydrogens is 291 g/mol. The highest BCUT2D eigenvalue weighted by Crippen LogP contribution is 2.21.